The summed E-state index contributed by atoms with van der Waals surface area (Å²) in [6.45, 7) is 12.6. The average Bonchev–Trinajstić information content (AvgIpc) is 1.99. The van der Waals surface area contributed by atoms with Gasteiger partial charge in [0.25, 0.3) is 0 Å². The molecule has 0 saturated carbocycles. The van der Waals surface area contributed by atoms with Gasteiger partial charge in [-0.05, 0) is 25.1 Å². The summed E-state index contributed by atoms with van der Waals surface area (Å²) in [4.78, 5) is 11.3. The van der Waals surface area contributed by atoms with Gasteiger partial charge in [-0.15, -0.1) is 0 Å². The van der Waals surface area contributed by atoms with Crippen molar-refractivity contribution in [1.82, 2.24) is 5.32 Å². The minimum atomic E-state index is -1.86. The SMILES string of the molecule is C[C@@H](O[Si](C)(C)C(C)(C)C)[C@H]1C(=O)N[C@@H]1O. The number of aliphatic hydroxyl groups is 1. The quantitative estimate of drug-likeness (QED) is 0.584. The maximum Gasteiger partial charge on any atom is 0.232 e. The topological polar surface area (TPSA) is 58.6 Å². The van der Waals surface area contributed by atoms with Crippen molar-refractivity contribution >= 4 is 14.2 Å². The number of carbonyl (C=O) groups excluding carboxylic acids is 1. The first-order valence-corrected chi connectivity index (χ1v) is 8.63. The predicted octanol–water partition coefficient (Wildman–Crippen LogP) is 1.46. The molecule has 1 aliphatic rings. The number of hydrogen-bond acceptors (Lipinski definition) is 3. The van der Waals surface area contributed by atoms with Crippen LogP contribution in [0.2, 0.25) is 18.1 Å². The Bertz CT molecular complexity index is 285. The molecule has 3 atom stereocenters. The van der Waals surface area contributed by atoms with Gasteiger partial charge in [-0.1, -0.05) is 20.8 Å². The molecule has 0 aromatic carbocycles. The Morgan fingerprint density at radius 2 is 1.94 bits per heavy atom. The summed E-state index contributed by atoms with van der Waals surface area (Å²) in [5.41, 5.74) is 0. The summed E-state index contributed by atoms with van der Waals surface area (Å²) in [6, 6.07) is 0. The van der Waals surface area contributed by atoms with Crippen LogP contribution in [0.25, 0.3) is 0 Å². The third-order valence-corrected chi connectivity index (χ3v) is 8.30. The Kier molecular flexibility index (Phi) is 3.52. The lowest BCUT2D eigenvalue weighted by atomic mass is 9.94. The molecular formula is C11H23NO3Si. The summed E-state index contributed by atoms with van der Waals surface area (Å²) < 4.78 is 6.07. The molecule has 0 aromatic rings. The Labute approximate surface area is 98.5 Å². The van der Waals surface area contributed by atoms with Crippen molar-refractivity contribution in [3.8, 4) is 0 Å². The molecule has 0 aliphatic carbocycles. The second-order valence-electron chi connectivity index (χ2n) is 6.06. The van der Waals surface area contributed by atoms with Crippen LogP contribution in [-0.2, 0) is 9.22 Å². The number of aliphatic hydroxyl groups excluding tert-OH is 1. The lowest BCUT2D eigenvalue weighted by Gasteiger charge is -2.43. The number of β-lactam (4-membered cyclic amide) rings is 1. The van der Waals surface area contributed by atoms with Crippen LogP contribution in [-0.4, -0.2) is 31.7 Å². The maximum atomic E-state index is 11.3. The van der Waals surface area contributed by atoms with E-state index in [4.69, 9.17) is 4.43 Å². The Morgan fingerprint density at radius 3 is 2.25 bits per heavy atom. The van der Waals surface area contributed by atoms with Crippen LogP contribution in [0.1, 0.15) is 27.7 Å². The Morgan fingerprint density at radius 1 is 1.44 bits per heavy atom. The summed E-state index contributed by atoms with van der Waals surface area (Å²) in [7, 11) is -1.86. The number of nitrogens with one attached hydrogen (secondary N) is 1. The molecule has 1 rings (SSSR count). The molecule has 0 aromatic heterocycles. The van der Waals surface area contributed by atoms with E-state index in [1.807, 2.05) is 6.92 Å². The number of amides is 1. The van der Waals surface area contributed by atoms with Gasteiger partial charge in [0.2, 0.25) is 5.91 Å². The minimum absolute atomic E-state index is 0.112. The van der Waals surface area contributed by atoms with Crippen LogP contribution in [0.15, 0.2) is 0 Å². The molecule has 1 amide bonds. The van der Waals surface area contributed by atoms with E-state index >= 15 is 0 Å². The van der Waals surface area contributed by atoms with Crippen molar-refractivity contribution in [2.24, 2.45) is 5.92 Å². The third kappa shape index (κ3) is 2.47. The van der Waals surface area contributed by atoms with Gasteiger partial charge in [-0.2, -0.15) is 0 Å². The zero-order chi connectivity index (χ0) is 12.7. The molecule has 0 bridgehead atoms. The predicted molar refractivity (Wildman–Crippen MR) is 65.4 cm³/mol. The van der Waals surface area contributed by atoms with Crippen molar-refractivity contribution in [1.29, 1.82) is 0 Å². The molecule has 16 heavy (non-hydrogen) atoms. The number of rotatable bonds is 3. The fraction of sp³-hybridized carbons (Fsp3) is 0.909. The first-order valence-electron chi connectivity index (χ1n) is 5.72. The van der Waals surface area contributed by atoms with Gasteiger partial charge < -0.3 is 14.8 Å². The first-order chi connectivity index (χ1) is 7.06. The molecule has 94 valence electrons. The van der Waals surface area contributed by atoms with Crippen molar-refractivity contribution in [3.63, 3.8) is 0 Å². The number of carbonyl (C=O) groups is 1. The summed E-state index contributed by atoms with van der Waals surface area (Å²) in [5, 5.41) is 12.0. The standard InChI is InChI=1S/C11H23NO3Si/c1-7(8-9(13)12-10(8)14)15-16(5,6)11(2,3)4/h7-9,13H,1-6H3,(H,12,14)/t7-,8-,9-/m1/s1. The van der Waals surface area contributed by atoms with Gasteiger partial charge in [0.05, 0.1) is 6.10 Å². The molecule has 0 unspecified atom stereocenters. The van der Waals surface area contributed by atoms with Crippen molar-refractivity contribution in [2.45, 2.75) is 58.2 Å². The molecule has 0 radical (unpaired) electrons. The van der Waals surface area contributed by atoms with Crippen molar-refractivity contribution in [3.05, 3.63) is 0 Å². The maximum absolute atomic E-state index is 11.3. The molecule has 2 N–H and O–H groups in total. The van der Waals surface area contributed by atoms with Gasteiger partial charge in [0.15, 0.2) is 8.32 Å². The van der Waals surface area contributed by atoms with Gasteiger partial charge in [-0.25, -0.2) is 0 Å². The lowest BCUT2D eigenvalue weighted by molar-refractivity contribution is -0.153. The molecule has 1 heterocycles. The van der Waals surface area contributed by atoms with Crippen LogP contribution < -0.4 is 5.32 Å². The summed E-state index contributed by atoms with van der Waals surface area (Å²) in [6.07, 6.45) is -0.961. The minimum Gasteiger partial charge on any atom is -0.413 e. The zero-order valence-corrected chi connectivity index (χ0v) is 12.0. The Hall–Kier alpha value is -0.393. The van der Waals surface area contributed by atoms with Crippen molar-refractivity contribution < 1.29 is 14.3 Å². The van der Waals surface area contributed by atoms with Gasteiger partial charge in [0.1, 0.15) is 12.1 Å². The van der Waals surface area contributed by atoms with E-state index < -0.39 is 20.5 Å². The molecular weight excluding hydrogens is 222 g/mol. The highest BCUT2D eigenvalue weighted by Gasteiger charge is 2.46. The van der Waals surface area contributed by atoms with E-state index in [0.717, 1.165) is 0 Å². The van der Waals surface area contributed by atoms with Gasteiger partial charge >= 0.3 is 0 Å². The first kappa shape index (κ1) is 13.7. The second kappa shape index (κ2) is 4.12. The smallest absolute Gasteiger partial charge is 0.232 e. The van der Waals surface area contributed by atoms with E-state index in [-0.39, 0.29) is 17.0 Å². The average molecular weight is 245 g/mol. The molecule has 1 aliphatic heterocycles. The van der Waals surface area contributed by atoms with Gasteiger partial charge in [0, 0.05) is 0 Å². The van der Waals surface area contributed by atoms with Crippen LogP contribution >= 0.6 is 0 Å². The molecule has 4 nitrogen and oxygen atoms in total. The van der Waals surface area contributed by atoms with E-state index in [2.05, 4.69) is 39.2 Å². The fourth-order valence-electron chi connectivity index (χ4n) is 1.56. The summed E-state index contributed by atoms with van der Waals surface area (Å²) >= 11 is 0. The van der Waals surface area contributed by atoms with E-state index in [9.17, 15) is 9.90 Å². The number of hydrogen-bond donors (Lipinski definition) is 2. The third-order valence-electron chi connectivity index (χ3n) is 3.73. The molecule has 5 heteroatoms. The second-order valence-corrected chi connectivity index (χ2v) is 10.8. The van der Waals surface area contributed by atoms with Crippen LogP contribution in [0.4, 0.5) is 0 Å². The van der Waals surface area contributed by atoms with E-state index in [0.29, 0.717) is 0 Å². The summed E-state index contributed by atoms with van der Waals surface area (Å²) in [5.74, 6) is -0.521. The van der Waals surface area contributed by atoms with Crippen LogP contribution in [0.3, 0.4) is 0 Å². The Balaban J connectivity index is 2.64. The molecule has 1 fully saturated rings. The van der Waals surface area contributed by atoms with Crippen molar-refractivity contribution in [2.75, 3.05) is 0 Å². The highest BCUT2D eigenvalue weighted by molar-refractivity contribution is 6.74. The van der Waals surface area contributed by atoms with E-state index in [1.165, 1.54) is 0 Å². The largest absolute Gasteiger partial charge is 0.413 e. The van der Waals surface area contributed by atoms with E-state index in [1.54, 1.807) is 0 Å². The molecule has 1 saturated heterocycles. The van der Waals surface area contributed by atoms with Gasteiger partial charge in [-0.3, -0.25) is 4.79 Å². The highest BCUT2D eigenvalue weighted by Crippen LogP contribution is 2.38. The van der Waals surface area contributed by atoms with Crippen LogP contribution in [0.5, 0.6) is 0 Å². The lowest BCUT2D eigenvalue weighted by Crippen LogP contribution is -2.63. The normalized spacial score (nSPS) is 28.3. The highest BCUT2D eigenvalue weighted by atomic mass is 28.4. The van der Waals surface area contributed by atoms with Crippen LogP contribution in [0, 0.1) is 5.92 Å². The molecule has 0 spiro atoms. The zero-order valence-electron chi connectivity index (χ0n) is 11.0. The monoisotopic (exact) mass is 245 g/mol. The fourth-order valence-corrected chi connectivity index (χ4v) is 2.99.